The molecule has 0 fully saturated rings. The molecule has 0 amide bonds. The topological polar surface area (TPSA) is 74.6 Å². The van der Waals surface area contributed by atoms with E-state index in [1.165, 1.54) is 26.2 Å². The van der Waals surface area contributed by atoms with Crippen LogP contribution in [-0.2, 0) is 16.6 Å². The summed E-state index contributed by atoms with van der Waals surface area (Å²) < 4.78 is 30.7. The van der Waals surface area contributed by atoms with Gasteiger partial charge in [-0.3, -0.25) is 0 Å². The highest BCUT2D eigenvalue weighted by Crippen LogP contribution is 2.26. The molecule has 0 bridgehead atoms. The molecule has 0 saturated carbocycles. The fourth-order valence-electron chi connectivity index (χ4n) is 1.73. The number of benzene rings is 1. The molecule has 2 rings (SSSR count). The van der Waals surface area contributed by atoms with Gasteiger partial charge in [-0.2, -0.15) is 0 Å². The molecule has 2 N–H and O–H groups in total. The predicted molar refractivity (Wildman–Crippen MR) is 94.1 cm³/mol. The van der Waals surface area contributed by atoms with Crippen molar-refractivity contribution in [2.45, 2.75) is 11.4 Å². The molecule has 0 unspecified atom stereocenters. The molecule has 2 aromatic rings. The monoisotopic (exact) mass is 373 g/mol. The predicted octanol–water partition coefficient (Wildman–Crippen LogP) is 2.67. The second kappa shape index (κ2) is 7.31. The lowest BCUT2D eigenvalue weighted by atomic mass is 10.3. The molecule has 0 aliphatic rings. The molecule has 9 heteroatoms. The van der Waals surface area contributed by atoms with Crippen LogP contribution in [0.5, 0.6) is 0 Å². The standard InChI is InChI=1S/C14H16ClN3O3S2/c1-18(2)23(19,20)13-8-10(5-6-12(13)15)17-14(22)16-9-11-4-3-7-21-11/h3-8H,9H2,1-2H3,(H2,16,17,22). The molecule has 124 valence electrons. The van der Waals surface area contributed by atoms with Gasteiger partial charge in [-0.25, -0.2) is 12.7 Å². The van der Waals surface area contributed by atoms with Crippen molar-refractivity contribution in [1.29, 1.82) is 0 Å². The second-order valence-electron chi connectivity index (χ2n) is 4.82. The Morgan fingerprint density at radius 1 is 1.35 bits per heavy atom. The quantitative estimate of drug-likeness (QED) is 0.785. The maximum absolute atomic E-state index is 12.2. The number of anilines is 1. The van der Waals surface area contributed by atoms with E-state index >= 15 is 0 Å². The smallest absolute Gasteiger partial charge is 0.244 e. The van der Waals surface area contributed by atoms with Crippen LogP contribution in [0.2, 0.25) is 5.02 Å². The van der Waals surface area contributed by atoms with E-state index in [0.717, 1.165) is 10.1 Å². The largest absolute Gasteiger partial charge is 0.467 e. The minimum absolute atomic E-state index is 0.0167. The number of sulfonamides is 1. The summed E-state index contributed by atoms with van der Waals surface area (Å²) in [6.45, 7) is 0.426. The number of furan rings is 1. The summed E-state index contributed by atoms with van der Waals surface area (Å²) in [5, 5.41) is 6.38. The molecule has 6 nitrogen and oxygen atoms in total. The first-order chi connectivity index (χ1) is 10.8. The van der Waals surface area contributed by atoms with Gasteiger partial charge in [-0.05, 0) is 42.5 Å². The van der Waals surface area contributed by atoms with Gasteiger partial charge in [-0.1, -0.05) is 11.6 Å². The minimum atomic E-state index is -3.63. The molecule has 0 saturated heterocycles. The SMILES string of the molecule is CN(C)S(=O)(=O)c1cc(NC(=S)NCc2ccco2)ccc1Cl. The third kappa shape index (κ3) is 4.44. The molecule has 0 aliphatic heterocycles. The van der Waals surface area contributed by atoms with E-state index in [1.807, 2.05) is 6.07 Å². The van der Waals surface area contributed by atoms with Crippen LogP contribution in [0, 0.1) is 0 Å². The summed E-state index contributed by atoms with van der Waals surface area (Å²) in [5.74, 6) is 0.737. The molecule has 23 heavy (non-hydrogen) atoms. The van der Waals surface area contributed by atoms with Crippen LogP contribution in [0.25, 0.3) is 0 Å². The average molecular weight is 374 g/mol. The summed E-state index contributed by atoms with van der Waals surface area (Å²) in [4.78, 5) is 0.0167. The van der Waals surface area contributed by atoms with Gasteiger partial charge >= 0.3 is 0 Å². The molecule has 1 aromatic heterocycles. The number of thiocarbonyl (C=S) groups is 1. The summed E-state index contributed by atoms with van der Waals surface area (Å²) in [7, 11) is -0.739. The van der Waals surface area contributed by atoms with Crippen molar-refractivity contribution in [3.05, 3.63) is 47.4 Å². The Morgan fingerprint density at radius 2 is 2.09 bits per heavy atom. The lowest BCUT2D eigenvalue weighted by Gasteiger charge is -2.15. The Morgan fingerprint density at radius 3 is 2.70 bits per heavy atom. The van der Waals surface area contributed by atoms with Gasteiger partial charge in [0.2, 0.25) is 10.0 Å². The molecule has 0 atom stereocenters. The van der Waals surface area contributed by atoms with Crippen molar-refractivity contribution in [1.82, 2.24) is 9.62 Å². The van der Waals surface area contributed by atoms with Crippen LogP contribution >= 0.6 is 23.8 Å². The molecule has 1 heterocycles. The van der Waals surface area contributed by atoms with Crippen molar-refractivity contribution < 1.29 is 12.8 Å². The summed E-state index contributed by atoms with van der Waals surface area (Å²) in [5.41, 5.74) is 0.520. The van der Waals surface area contributed by atoms with Gasteiger partial charge in [0.05, 0.1) is 17.8 Å². The van der Waals surface area contributed by atoms with Crippen LogP contribution in [-0.4, -0.2) is 31.9 Å². The normalized spacial score (nSPS) is 11.5. The zero-order chi connectivity index (χ0) is 17.0. The van der Waals surface area contributed by atoms with E-state index in [0.29, 0.717) is 17.3 Å². The third-order valence-corrected chi connectivity index (χ3v) is 5.49. The van der Waals surface area contributed by atoms with Crippen molar-refractivity contribution in [3.8, 4) is 0 Å². The number of nitrogens with zero attached hydrogens (tertiary/aromatic N) is 1. The van der Waals surface area contributed by atoms with Crippen molar-refractivity contribution >= 4 is 44.6 Å². The Labute approximate surface area is 145 Å². The highest BCUT2D eigenvalue weighted by atomic mass is 35.5. The van der Waals surface area contributed by atoms with Crippen LogP contribution < -0.4 is 10.6 Å². The highest BCUT2D eigenvalue weighted by molar-refractivity contribution is 7.89. The van der Waals surface area contributed by atoms with E-state index in [4.69, 9.17) is 28.2 Å². The van der Waals surface area contributed by atoms with Crippen LogP contribution in [0.4, 0.5) is 5.69 Å². The number of nitrogens with one attached hydrogen (secondary N) is 2. The van der Waals surface area contributed by atoms with Gasteiger partial charge < -0.3 is 15.1 Å². The molecule has 0 spiro atoms. The zero-order valence-corrected chi connectivity index (χ0v) is 14.9. The Hall–Kier alpha value is -1.61. The summed E-state index contributed by atoms with van der Waals surface area (Å²) in [6, 6.07) is 8.20. The fraction of sp³-hybridized carbons (Fsp3) is 0.214. The first-order valence-corrected chi connectivity index (χ1v) is 8.82. The Kier molecular flexibility index (Phi) is 5.64. The number of rotatable bonds is 5. The molecular weight excluding hydrogens is 358 g/mol. The molecule has 0 aliphatic carbocycles. The maximum atomic E-state index is 12.2. The first kappa shape index (κ1) is 17.7. The van der Waals surface area contributed by atoms with Gasteiger partial charge in [0.1, 0.15) is 10.7 Å². The maximum Gasteiger partial charge on any atom is 0.244 e. The first-order valence-electron chi connectivity index (χ1n) is 6.60. The van der Waals surface area contributed by atoms with Crippen LogP contribution in [0.15, 0.2) is 45.9 Å². The lowest BCUT2D eigenvalue weighted by Crippen LogP contribution is -2.28. The van der Waals surface area contributed by atoms with Gasteiger partial charge in [-0.15, -0.1) is 0 Å². The number of halogens is 1. The average Bonchev–Trinajstić information content (AvgIpc) is 3.00. The highest BCUT2D eigenvalue weighted by Gasteiger charge is 2.21. The van der Waals surface area contributed by atoms with E-state index < -0.39 is 10.0 Å². The van der Waals surface area contributed by atoms with Gasteiger partial charge in [0.25, 0.3) is 0 Å². The van der Waals surface area contributed by atoms with E-state index in [2.05, 4.69) is 10.6 Å². The van der Waals surface area contributed by atoms with Gasteiger partial charge in [0, 0.05) is 19.8 Å². The lowest BCUT2D eigenvalue weighted by molar-refractivity contribution is 0.503. The van der Waals surface area contributed by atoms with Crippen molar-refractivity contribution in [2.24, 2.45) is 0 Å². The van der Waals surface area contributed by atoms with E-state index in [1.54, 1.807) is 18.4 Å². The second-order valence-corrected chi connectivity index (χ2v) is 7.76. The summed E-state index contributed by atoms with van der Waals surface area (Å²) >= 11 is 11.2. The Bertz CT molecular complexity index is 790. The van der Waals surface area contributed by atoms with Gasteiger partial charge in [0.15, 0.2) is 5.11 Å². The van der Waals surface area contributed by atoms with Crippen molar-refractivity contribution in [3.63, 3.8) is 0 Å². The molecular formula is C14H16ClN3O3S2. The van der Waals surface area contributed by atoms with E-state index in [9.17, 15) is 8.42 Å². The number of hydrogen-bond acceptors (Lipinski definition) is 4. The molecule has 1 aromatic carbocycles. The third-order valence-electron chi connectivity index (χ3n) is 2.95. The van der Waals surface area contributed by atoms with Crippen LogP contribution in [0.3, 0.4) is 0 Å². The van der Waals surface area contributed by atoms with E-state index in [-0.39, 0.29) is 9.92 Å². The van der Waals surface area contributed by atoms with Crippen LogP contribution in [0.1, 0.15) is 5.76 Å². The zero-order valence-electron chi connectivity index (χ0n) is 12.5. The van der Waals surface area contributed by atoms with Crippen molar-refractivity contribution in [2.75, 3.05) is 19.4 Å². The minimum Gasteiger partial charge on any atom is -0.467 e. The Balaban J connectivity index is 2.10. The summed E-state index contributed by atoms with van der Waals surface area (Å²) in [6.07, 6.45) is 1.57. The molecule has 0 radical (unpaired) electrons. The number of hydrogen-bond donors (Lipinski definition) is 2. The fourth-order valence-corrected chi connectivity index (χ4v) is 3.32.